The van der Waals surface area contributed by atoms with Gasteiger partial charge in [-0.05, 0) is 61.9 Å². The van der Waals surface area contributed by atoms with Crippen LogP contribution in [0.2, 0.25) is 0 Å². The molecule has 0 spiro atoms. The number of nitrogens with zero attached hydrogens (tertiary/aromatic N) is 3. The van der Waals surface area contributed by atoms with Gasteiger partial charge in [0.15, 0.2) is 17.4 Å². The number of hydrogen-bond donors (Lipinski definition) is 3. The van der Waals surface area contributed by atoms with Gasteiger partial charge in [-0.25, -0.2) is 8.78 Å². The van der Waals surface area contributed by atoms with Gasteiger partial charge in [0.25, 0.3) is 5.91 Å². The van der Waals surface area contributed by atoms with Crippen molar-refractivity contribution in [1.82, 2.24) is 21.2 Å². The number of nitriles is 1. The standard InChI is InChI=1S/C22H20F2N4O2.H3N/c23-18-8-16(9-19(24)21(18)29)22(30)26-11-13-2-5-17(6-3-13)28-12-15-4-1-14(10-25)7-20(15)27-28;/h1,4,7-9,12-13,17,29H,2-3,5-6,11H2,(H,26,30);1H3. The molecule has 0 bridgehead atoms. The number of hydrogen-bond acceptors (Lipinski definition) is 5. The third kappa shape index (κ3) is 4.64. The van der Waals surface area contributed by atoms with Crippen molar-refractivity contribution in [3.8, 4) is 11.8 Å². The smallest absolute Gasteiger partial charge is 0.251 e. The van der Waals surface area contributed by atoms with Gasteiger partial charge < -0.3 is 16.6 Å². The number of amides is 1. The summed E-state index contributed by atoms with van der Waals surface area (Å²) in [6, 6.07) is 9.48. The number of halogens is 2. The molecule has 31 heavy (non-hydrogen) atoms. The van der Waals surface area contributed by atoms with Crippen molar-refractivity contribution in [1.29, 1.82) is 5.26 Å². The van der Waals surface area contributed by atoms with Crippen molar-refractivity contribution in [3.05, 3.63) is 59.3 Å². The summed E-state index contributed by atoms with van der Waals surface area (Å²) in [5, 5.41) is 26.5. The fraction of sp³-hybridized carbons (Fsp3) is 0.318. The monoisotopic (exact) mass is 427 g/mol. The highest BCUT2D eigenvalue weighted by atomic mass is 19.1. The van der Waals surface area contributed by atoms with E-state index in [9.17, 15) is 13.6 Å². The summed E-state index contributed by atoms with van der Waals surface area (Å²) in [5.74, 6) is -3.70. The second kappa shape index (κ2) is 9.10. The molecule has 0 radical (unpaired) electrons. The number of fused-ring (bicyclic) bond motifs is 1. The maximum Gasteiger partial charge on any atom is 0.251 e. The molecule has 5 N–H and O–H groups in total. The molecule has 1 aromatic heterocycles. The third-order valence-electron chi connectivity index (χ3n) is 5.67. The highest BCUT2D eigenvalue weighted by Crippen LogP contribution is 2.32. The number of benzene rings is 2. The maximum absolute atomic E-state index is 13.4. The van der Waals surface area contributed by atoms with Crippen LogP contribution in [-0.4, -0.2) is 27.3 Å². The minimum absolute atomic E-state index is 0. The molecular formula is C22H23F2N5O2. The third-order valence-corrected chi connectivity index (χ3v) is 5.67. The summed E-state index contributed by atoms with van der Waals surface area (Å²) in [6.45, 7) is 0.419. The van der Waals surface area contributed by atoms with Crippen molar-refractivity contribution in [2.45, 2.75) is 31.7 Å². The quantitative estimate of drug-likeness (QED) is 0.575. The van der Waals surface area contributed by atoms with Gasteiger partial charge in [0, 0.05) is 23.7 Å². The zero-order chi connectivity index (χ0) is 21.3. The molecule has 1 heterocycles. The number of phenols is 1. The summed E-state index contributed by atoms with van der Waals surface area (Å²) in [7, 11) is 0. The minimum Gasteiger partial charge on any atom is -0.503 e. The minimum atomic E-state index is -1.16. The molecule has 0 aliphatic heterocycles. The Morgan fingerprint density at radius 1 is 1.19 bits per heavy atom. The number of carbonyl (C=O) groups excluding carboxylic acids is 1. The highest BCUT2D eigenvalue weighted by Gasteiger charge is 2.24. The van der Waals surface area contributed by atoms with E-state index in [2.05, 4.69) is 16.5 Å². The number of carbonyl (C=O) groups is 1. The number of phenolic OH excluding ortho intramolecular Hbond substituents is 1. The van der Waals surface area contributed by atoms with E-state index in [1.54, 1.807) is 12.1 Å². The molecule has 1 fully saturated rings. The molecule has 162 valence electrons. The van der Waals surface area contributed by atoms with E-state index in [0.717, 1.165) is 48.7 Å². The van der Waals surface area contributed by atoms with Crippen LogP contribution in [0.1, 0.15) is 47.6 Å². The van der Waals surface area contributed by atoms with Gasteiger partial charge in [-0.3, -0.25) is 9.48 Å². The molecule has 0 atom stereocenters. The van der Waals surface area contributed by atoms with E-state index >= 15 is 0 Å². The Labute approximate surface area is 177 Å². The second-order valence-electron chi connectivity index (χ2n) is 7.67. The van der Waals surface area contributed by atoms with Gasteiger partial charge in [0.2, 0.25) is 0 Å². The maximum atomic E-state index is 13.4. The van der Waals surface area contributed by atoms with Crippen LogP contribution < -0.4 is 11.5 Å². The molecule has 0 unspecified atom stereocenters. The Bertz CT molecular complexity index is 1120. The molecule has 7 nitrogen and oxygen atoms in total. The number of rotatable bonds is 4. The average molecular weight is 427 g/mol. The van der Waals surface area contributed by atoms with Crippen LogP contribution in [0.25, 0.3) is 10.9 Å². The molecule has 9 heteroatoms. The summed E-state index contributed by atoms with van der Waals surface area (Å²) in [6.07, 6.45) is 5.59. The van der Waals surface area contributed by atoms with Crippen molar-refractivity contribution >= 4 is 16.8 Å². The van der Waals surface area contributed by atoms with E-state index in [1.807, 2.05) is 16.9 Å². The van der Waals surface area contributed by atoms with E-state index in [0.29, 0.717) is 12.1 Å². The zero-order valence-corrected chi connectivity index (χ0v) is 16.8. The van der Waals surface area contributed by atoms with Crippen LogP contribution in [-0.2, 0) is 0 Å². The van der Waals surface area contributed by atoms with Gasteiger partial charge in [-0.2, -0.15) is 10.4 Å². The van der Waals surface area contributed by atoms with E-state index in [1.165, 1.54) is 0 Å². The first kappa shape index (κ1) is 22.2. The van der Waals surface area contributed by atoms with Crippen LogP contribution in [0.4, 0.5) is 8.78 Å². The van der Waals surface area contributed by atoms with Crippen LogP contribution in [0.3, 0.4) is 0 Å². The lowest BCUT2D eigenvalue weighted by Crippen LogP contribution is -2.31. The van der Waals surface area contributed by atoms with E-state index in [-0.39, 0.29) is 23.7 Å². The number of aromatic nitrogens is 2. The fourth-order valence-electron chi connectivity index (χ4n) is 3.94. The van der Waals surface area contributed by atoms with Gasteiger partial charge in [0.1, 0.15) is 0 Å². The topological polar surface area (TPSA) is 126 Å². The van der Waals surface area contributed by atoms with Crippen molar-refractivity contribution in [2.75, 3.05) is 6.54 Å². The number of aromatic hydroxyl groups is 1. The van der Waals surface area contributed by atoms with Crippen LogP contribution >= 0.6 is 0 Å². The second-order valence-corrected chi connectivity index (χ2v) is 7.67. The number of nitrogens with one attached hydrogen (secondary N) is 1. The van der Waals surface area contributed by atoms with Gasteiger partial charge in [-0.15, -0.1) is 0 Å². The lowest BCUT2D eigenvalue weighted by molar-refractivity contribution is 0.0940. The van der Waals surface area contributed by atoms with Crippen molar-refractivity contribution in [3.63, 3.8) is 0 Å². The van der Waals surface area contributed by atoms with Crippen LogP contribution in [0.5, 0.6) is 5.75 Å². The zero-order valence-electron chi connectivity index (χ0n) is 16.8. The molecule has 4 rings (SSSR count). The molecule has 2 aromatic carbocycles. The van der Waals surface area contributed by atoms with Gasteiger partial charge >= 0.3 is 0 Å². The normalized spacial score (nSPS) is 18.2. The lowest BCUT2D eigenvalue weighted by atomic mass is 9.86. The van der Waals surface area contributed by atoms with Gasteiger partial charge in [-0.1, -0.05) is 0 Å². The first-order valence-electron chi connectivity index (χ1n) is 9.80. The molecule has 1 amide bonds. The molecule has 3 aromatic rings. The predicted octanol–water partition coefficient (Wildman–Crippen LogP) is 4.22. The van der Waals surface area contributed by atoms with E-state index < -0.39 is 23.3 Å². The fourth-order valence-corrected chi connectivity index (χ4v) is 3.94. The molecule has 1 aliphatic rings. The largest absolute Gasteiger partial charge is 0.503 e. The summed E-state index contributed by atoms with van der Waals surface area (Å²) in [4.78, 5) is 12.2. The lowest BCUT2D eigenvalue weighted by Gasteiger charge is -2.28. The first-order valence-corrected chi connectivity index (χ1v) is 9.80. The van der Waals surface area contributed by atoms with Crippen molar-refractivity contribution < 1.29 is 18.7 Å². The summed E-state index contributed by atoms with van der Waals surface area (Å²) < 4.78 is 28.8. The van der Waals surface area contributed by atoms with Gasteiger partial charge in [0.05, 0.1) is 23.2 Å². The van der Waals surface area contributed by atoms with Crippen molar-refractivity contribution in [2.24, 2.45) is 5.92 Å². The Balaban J connectivity index is 0.00000272. The molecule has 0 saturated heterocycles. The predicted molar refractivity (Wildman–Crippen MR) is 111 cm³/mol. The first-order chi connectivity index (χ1) is 14.4. The van der Waals surface area contributed by atoms with Crippen LogP contribution in [0.15, 0.2) is 36.5 Å². The Morgan fingerprint density at radius 2 is 1.87 bits per heavy atom. The molecule has 1 aliphatic carbocycles. The molecular weight excluding hydrogens is 404 g/mol. The highest BCUT2D eigenvalue weighted by molar-refractivity contribution is 5.94. The SMILES string of the molecule is N.N#Cc1ccc2cn(C3CCC(CNC(=O)c4cc(F)c(O)c(F)c4)CC3)nc2c1. The summed E-state index contributed by atoms with van der Waals surface area (Å²) in [5.41, 5.74) is 1.23. The molecule has 1 saturated carbocycles. The average Bonchev–Trinajstić information content (AvgIpc) is 3.19. The van der Waals surface area contributed by atoms with E-state index in [4.69, 9.17) is 10.4 Å². The Morgan fingerprint density at radius 3 is 2.52 bits per heavy atom. The Hall–Kier alpha value is -3.51. The Kier molecular flexibility index (Phi) is 6.51. The summed E-state index contributed by atoms with van der Waals surface area (Å²) >= 11 is 0. The van der Waals surface area contributed by atoms with Crippen LogP contribution in [0, 0.1) is 28.9 Å².